The van der Waals surface area contributed by atoms with Gasteiger partial charge in [0.2, 0.25) is 5.91 Å². The third-order valence-electron chi connectivity index (χ3n) is 5.25. The molecule has 0 bridgehead atoms. The van der Waals surface area contributed by atoms with E-state index in [1.807, 2.05) is 80.6 Å². The topological polar surface area (TPSA) is 58.6 Å². The fraction of sp³-hybridized carbons (Fsp3) is 0.308. The SMILES string of the molecule is CCCNC(=O)C(C)N(Cc1cccc(C)c1)C(=O)COc1cccc2ccccc12. The standard InChI is InChI=1S/C26H30N2O3/c1-4-15-27-26(30)20(3)28(17-21-10-7-9-19(2)16-21)25(29)18-31-24-14-8-12-22-11-5-6-13-23(22)24/h5-14,16,20H,4,15,17-18H2,1-3H3,(H,27,30). The Kier molecular flexibility index (Phi) is 7.65. The van der Waals surface area contributed by atoms with Gasteiger partial charge in [0.05, 0.1) is 0 Å². The number of carbonyl (C=O) groups is 2. The van der Waals surface area contributed by atoms with Crippen molar-refractivity contribution in [3.63, 3.8) is 0 Å². The van der Waals surface area contributed by atoms with Gasteiger partial charge in [-0.1, -0.05) is 73.2 Å². The lowest BCUT2D eigenvalue weighted by atomic mass is 10.1. The molecule has 0 aliphatic carbocycles. The molecule has 0 spiro atoms. The van der Waals surface area contributed by atoms with Crippen LogP contribution in [0.1, 0.15) is 31.4 Å². The van der Waals surface area contributed by atoms with Gasteiger partial charge < -0.3 is 15.0 Å². The van der Waals surface area contributed by atoms with Crippen molar-refractivity contribution in [3.05, 3.63) is 77.9 Å². The molecule has 0 aromatic heterocycles. The van der Waals surface area contributed by atoms with Gasteiger partial charge in [0.25, 0.3) is 5.91 Å². The molecule has 1 unspecified atom stereocenters. The lowest BCUT2D eigenvalue weighted by Crippen LogP contribution is -2.49. The summed E-state index contributed by atoms with van der Waals surface area (Å²) < 4.78 is 5.91. The van der Waals surface area contributed by atoms with Crippen LogP contribution in [0.4, 0.5) is 0 Å². The quantitative estimate of drug-likeness (QED) is 0.558. The summed E-state index contributed by atoms with van der Waals surface area (Å²) in [7, 11) is 0. The van der Waals surface area contributed by atoms with Crippen molar-refractivity contribution < 1.29 is 14.3 Å². The zero-order valence-corrected chi connectivity index (χ0v) is 18.4. The summed E-state index contributed by atoms with van der Waals surface area (Å²) in [6, 6.07) is 21.0. The summed E-state index contributed by atoms with van der Waals surface area (Å²) in [6.45, 7) is 6.57. The van der Waals surface area contributed by atoms with Crippen LogP contribution in [0.15, 0.2) is 66.7 Å². The Hall–Kier alpha value is -3.34. The molecule has 0 saturated heterocycles. The largest absolute Gasteiger partial charge is 0.483 e. The molecule has 31 heavy (non-hydrogen) atoms. The number of ether oxygens (including phenoxy) is 1. The van der Waals surface area contributed by atoms with Gasteiger partial charge in [-0.3, -0.25) is 9.59 Å². The summed E-state index contributed by atoms with van der Waals surface area (Å²) in [5, 5.41) is 4.90. The minimum atomic E-state index is -0.601. The Morgan fingerprint density at radius 1 is 1.03 bits per heavy atom. The van der Waals surface area contributed by atoms with Crippen molar-refractivity contribution in [1.82, 2.24) is 10.2 Å². The molecule has 162 valence electrons. The van der Waals surface area contributed by atoms with Gasteiger partial charge in [-0.05, 0) is 37.3 Å². The van der Waals surface area contributed by atoms with E-state index in [9.17, 15) is 9.59 Å². The van der Waals surface area contributed by atoms with Gasteiger partial charge in [-0.15, -0.1) is 0 Å². The van der Waals surface area contributed by atoms with Gasteiger partial charge in [-0.2, -0.15) is 0 Å². The highest BCUT2D eigenvalue weighted by Gasteiger charge is 2.26. The van der Waals surface area contributed by atoms with Gasteiger partial charge in [0, 0.05) is 18.5 Å². The van der Waals surface area contributed by atoms with Crippen LogP contribution in [0, 0.1) is 6.92 Å². The van der Waals surface area contributed by atoms with E-state index in [2.05, 4.69) is 5.32 Å². The molecule has 3 aromatic rings. The van der Waals surface area contributed by atoms with E-state index in [0.717, 1.165) is 28.3 Å². The molecule has 0 fully saturated rings. The molecule has 5 nitrogen and oxygen atoms in total. The van der Waals surface area contributed by atoms with E-state index in [0.29, 0.717) is 18.8 Å². The Morgan fingerprint density at radius 2 is 1.77 bits per heavy atom. The van der Waals surface area contributed by atoms with Crippen LogP contribution in [-0.2, 0) is 16.1 Å². The molecule has 0 aliphatic heterocycles. The Bertz CT molecular complexity index is 1040. The smallest absolute Gasteiger partial charge is 0.261 e. The Morgan fingerprint density at radius 3 is 2.55 bits per heavy atom. The predicted molar refractivity (Wildman–Crippen MR) is 124 cm³/mol. The summed E-state index contributed by atoms with van der Waals surface area (Å²) in [6.07, 6.45) is 0.842. The fourth-order valence-electron chi connectivity index (χ4n) is 3.53. The van der Waals surface area contributed by atoms with Crippen molar-refractivity contribution >= 4 is 22.6 Å². The Balaban J connectivity index is 1.78. The number of nitrogens with one attached hydrogen (secondary N) is 1. The number of carbonyl (C=O) groups excluding carboxylic acids is 2. The molecule has 1 N–H and O–H groups in total. The van der Waals surface area contributed by atoms with Crippen molar-refractivity contribution in [1.29, 1.82) is 0 Å². The lowest BCUT2D eigenvalue weighted by Gasteiger charge is -2.29. The highest BCUT2D eigenvalue weighted by Crippen LogP contribution is 2.25. The molecular weight excluding hydrogens is 388 g/mol. The second-order valence-electron chi connectivity index (χ2n) is 7.74. The number of hydrogen-bond donors (Lipinski definition) is 1. The zero-order chi connectivity index (χ0) is 22.2. The highest BCUT2D eigenvalue weighted by molar-refractivity contribution is 5.90. The molecule has 0 radical (unpaired) electrons. The molecule has 1 atom stereocenters. The van der Waals surface area contributed by atoms with Gasteiger partial charge >= 0.3 is 0 Å². The highest BCUT2D eigenvalue weighted by atomic mass is 16.5. The predicted octanol–water partition coefficient (Wildman–Crippen LogP) is 4.47. The summed E-state index contributed by atoms with van der Waals surface area (Å²) in [5.41, 5.74) is 2.09. The molecule has 0 saturated carbocycles. The molecule has 0 heterocycles. The van der Waals surface area contributed by atoms with Crippen LogP contribution >= 0.6 is 0 Å². The number of nitrogens with zero attached hydrogens (tertiary/aromatic N) is 1. The van der Waals surface area contributed by atoms with E-state index in [1.165, 1.54) is 0 Å². The number of hydrogen-bond acceptors (Lipinski definition) is 3. The first-order valence-corrected chi connectivity index (χ1v) is 10.7. The second-order valence-corrected chi connectivity index (χ2v) is 7.74. The van der Waals surface area contributed by atoms with E-state index < -0.39 is 6.04 Å². The van der Waals surface area contributed by atoms with E-state index in [1.54, 1.807) is 11.8 Å². The van der Waals surface area contributed by atoms with Crippen molar-refractivity contribution in [2.24, 2.45) is 0 Å². The summed E-state index contributed by atoms with van der Waals surface area (Å²) >= 11 is 0. The van der Waals surface area contributed by atoms with E-state index in [-0.39, 0.29) is 18.4 Å². The minimum Gasteiger partial charge on any atom is -0.483 e. The fourth-order valence-corrected chi connectivity index (χ4v) is 3.53. The second kappa shape index (κ2) is 10.6. The van der Waals surface area contributed by atoms with Gasteiger partial charge in [0.15, 0.2) is 6.61 Å². The van der Waals surface area contributed by atoms with Crippen LogP contribution in [0.2, 0.25) is 0 Å². The summed E-state index contributed by atoms with van der Waals surface area (Å²) in [4.78, 5) is 27.4. The van der Waals surface area contributed by atoms with Crippen molar-refractivity contribution in [2.45, 2.75) is 39.8 Å². The maximum Gasteiger partial charge on any atom is 0.261 e. The normalized spacial score (nSPS) is 11.7. The Labute approximate surface area is 184 Å². The summed E-state index contributed by atoms with van der Waals surface area (Å²) in [5.74, 6) is 0.270. The third kappa shape index (κ3) is 5.85. The number of rotatable bonds is 9. The van der Waals surface area contributed by atoms with Gasteiger partial charge in [0.1, 0.15) is 11.8 Å². The number of amides is 2. The van der Waals surface area contributed by atoms with Crippen LogP contribution in [-0.4, -0.2) is 35.9 Å². The van der Waals surface area contributed by atoms with E-state index >= 15 is 0 Å². The molecule has 3 rings (SSSR count). The lowest BCUT2D eigenvalue weighted by molar-refractivity contribution is -0.142. The van der Waals surface area contributed by atoms with Crippen LogP contribution < -0.4 is 10.1 Å². The van der Waals surface area contributed by atoms with Crippen LogP contribution in [0.5, 0.6) is 5.75 Å². The van der Waals surface area contributed by atoms with Crippen molar-refractivity contribution in [3.8, 4) is 5.75 Å². The minimum absolute atomic E-state index is 0.134. The number of fused-ring (bicyclic) bond motifs is 1. The molecule has 0 aliphatic rings. The van der Waals surface area contributed by atoms with Crippen LogP contribution in [0.25, 0.3) is 10.8 Å². The first-order chi connectivity index (χ1) is 15.0. The maximum atomic E-state index is 13.2. The van der Waals surface area contributed by atoms with Gasteiger partial charge in [-0.25, -0.2) is 0 Å². The average Bonchev–Trinajstić information content (AvgIpc) is 2.79. The molecular formula is C26H30N2O3. The zero-order valence-electron chi connectivity index (χ0n) is 18.4. The third-order valence-corrected chi connectivity index (χ3v) is 5.25. The average molecular weight is 419 g/mol. The molecule has 2 amide bonds. The van der Waals surface area contributed by atoms with Crippen LogP contribution in [0.3, 0.4) is 0 Å². The number of aryl methyl sites for hydroxylation is 1. The first kappa shape index (κ1) is 22.3. The molecule has 5 heteroatoms. The number of benzene rings is 3. The van der Waals surface area contributed by atoms with Crippen molar-refractivity contribution in [2.75, 3.05) is 13.2 Å². The van der Waals surface area contributed by atoms with E-state index in [4.69, 9.17) is 4.74 Å². The maximum absolute atomic E-state index is 13.2. The first-order valence-electron chi connectivity index (χ1n) is 10.7. The monoisotopic (exact) mass is 418 g/mol. The molecule has 3 aromatic carbocycles.